The van der Waals surface area contributed by atoms with Crippen LogP contribution in [0.4, 0.5) is 5.69 Å². The van der Waals surface area contributed by atoms with Gasteiger partial charge in [0.05, 0.1) is 15.6 Å². The van der Waals surface area contributed by atoms with Gasteiger partial charge >= 0.3 is 0 Å². The number of sulfonamides is 1. The van der Waals surface area contributed by atoms with E-state index >= 15 is 0 Å². The van der Waals surface area contributed by atoms with Crippen molar-refractivity contribution in [3.63, 3.8) is 0 Å². The van der Waals surface area contributed by atoms with Gasteiger partial charge < -0.3 is 10.6 Å². The van der Waals surface area contributed by atoms with Crippen molar-refractivity contribution in [1.29, 1.82) is 0 Å². The fourth-order valence-corrected chi connectivity index (χ4v) is 4.32. The van der Waals surface area contributed by atoms with Crippen LogP contribution in [0.5, 0.6) is 0 Å². The highest BCUT2D eigenvalue weighted by atomic mass is 35.5. The molecule has 0 aromatic heterocycles. The molecular weight excluding hydrogens is 298 g/mol. The molecular formula is C13H20ClN3O2S. The van der Waals surface area contributed by atoms with E-state index in [2.05, 4.69) is 11.8 Å². The van der Waals surface area contributed by atoms with Crippen LogP contribution in [0.25, 0.3) is 0 Å². The first-order valence-electron chi connectivity index (χ1n) is 6.45. The van der Waals surface area contributed by atoms with Crippen molar-refractivity contribution in [2.75, 3.05) is 32.9 Å². The van der Waals surface area contributed by atoms with Gasteiger partial charge in [0.15, 0.2) is 0 Å². The van der Waals surface area contributed by atoms with Gasteiger partial charge in [-0.05, 0) is 38.2 Å². The Bertz CT molecular complexity index is 604. The van der Waals surface area contributed by atoms with Gasteiger partial charge in [0.2, 0.25) is 10.0 Å². The lowest BCUT2D eigenvalue weighted by Gasteiger charge is -2.22. The smallest absolute Gasteiger partial charge is 0.243 e. The molecule has 0 bridgehead atoms. The summed E-state index contributed by atoms with van der Waals surface area (Å²) in [6, 6.07) is 4.68. The van der Waals surface area contributed by atoms with Crippen molar-refractivity contribution in [1.82, 2.24) is 9.21 Å². The predicted molar refractivity (Wildman–Crippen MR) is 81.3 cm³/mol. The normalized spacial score (nSPS) is 24.4. The second-order valence-corrected chi connectivity index (χ2v) is 7.86. The number of nitrogens with zero attached hydrogens (tertiary/aromatic N) is 2. The molecule has 1 fully saturated rings. The Hall–Kier alpha value is -0.820. The summed E-state index contributed by atoms with van der Waals surface area (Å²) >= 11 is 5.84. The van der Waals surface area contributed by atoms with Gasteiger partial charge in [-0.1, -0.05) is 18.5 Å². The van der Waals surface area contributed by atoms with E-state index in [0.29, 0.717) is 24.0 Å². The fraction of sp³-hybridized carbons (Fsp3) is 0.538. The largest absolute Gasteiger partial charge is 0.397 e. The molecule has 0 amide bonds. The quantitative estimate of drug-likeness (QED) is 0.858. The molecule has 1 aliphatic rings. The van der Waals surface area contributed by atoms with E-state index in [9.17, 15) is 8.42 Å². The van der Waals surface area contributed by atoms with E-state index in [1.807, 2.05) is 14.1 Å². The third kappa shape index (κ3) is 2.79. The molecule has 5 nitrogen and oxygen atoms in total. The van der Waals surface area contributed by atoms with Crippen LogP contribution < -0.4 is 5.73 Å². The Morgan fingerprint density at radius 3 is 2.50 bits per heavy atom. The molecule has 0 aliphatic carbocycles. The van der Waals surface area contributed by atoms with Crippen LogP contribution in [0.1, 0.15) is 6.92 Å². The van der Waals surface area contributed by atoms with Crippen LogP contribution >= 0.6 is 11.6 Å². The topological polar surface area (TPSA) is 66.6 Å². The lowest BCUT2D eigenvalue weighted by atomic mass is 10.1. The molecule has 2 N–H and O–H groups in total. The number of anilines is 1. The second-order valence-electron chi connectivity index (χ2n) is 5.51. The summed E-state index contributed by atoms with van der Waals surface area (Å²) in [5.41, 5.74) is 5.98. The van der Waals surface area contributed by atoms with Gasteiger partial charge in [0.1, 0.15) is 0 Å². The van der Waals surface area contributed by atoms with Gasteiger partial charge in [-0.25, -0.2) is 8.42 Å². The SMILES string of the molecule is CC1CN(S(=O)(=O)c2ccc(Cl)c(N)c2)CC1N(C)C. The standard InChI is InChI=1S/C13H20ClN3O2S/c1-9-7-17(8-13(9)16(2)3)20(18,19)10-4-5-11(14)12(15)6-10/h4-6,9,13H,7-8,15H2,1-3H3. The Kier molecular flexibility index (Phi) is 4.30. The first-order valence-corrected chi connectivity index (χ1v) is 8.27. The zero-order valence-corrected chi connectivity index (χ0v) is 13.4. The van der Waals surface area contributed by atoms with Crippen molar-refractivity contribution in [2.45, 2.75) is 17.9 Å². The lowest BCUT2D eigenvalue weighted by molar-refractivity contribution is 0.263. The molecule has 1 heterocycles. The monoisotopic (exact) mass is 317 g/mol. The van der Waals surface area contributed by atoms with Gasteiger partial charge in [0.25, 0.3) is 0 Å². The molecule has 2 atom stereocenters. The molecule has 112 valence electrons. The first-order chi connectivity index (χ1) is 9.23. The van der Waals surface area contributed by atoms with Crippen LogP contribution in [0.2, 0.25) is 5.02 Å². The summed E-state index contributed by atoms with van der Waals surface area (Å²) in [5.74, 6) is 0.296. The maximum Gasteiger partial charge on any atom is 0.243 e. The van der Waals surface area contributed by atoms with Crippen LogP contribution in [0.15, 0.2) is 23.1 Å². The van der Waals surface area contributed by atoms with Crippen LogP contribution in [-0.2, 0) is 10.0 Å². The number of benzene rings is 1. The van der Waals surface area contributed by atoms with Gasteiger partial charge in [-0.2, -0.15) is 4.31 Å². The highest BCUT2D eigenvalue weighted by Gasteiger charge is 2.38. The van der Waals surface area contributed by atoms with Crippen LogP contribution in [0.3, 0.4) is 0 Å². The average Bonchev–Trinajstić information content (AvgIpc) is 2.75. The summed E-state index contributed by atoms with van der Waals surface area (Å²) in [6.07, 6.45) is 0. The van der Waals surface area contributed by atoms with E-state index in [-0.39, 0.29) is 16.6 Å². The van der Waals surface area contributed by atoms with Crippen LogP contribution in [-0.4, -0.2) is 50.8 Å². The molecule has 7 heteroatoms. The maximum atomic E-state index is 12.6. The lowest BCUT2D eigenvalue weighted by Crippen LogP contribution is -2.35. The summed E-state index contributed by atoms with van der Waals surface area (Å²) in [6.45, 7) is 3.09. The molecule has 1 aromatic carbocycles. The third-order valence-electron chi connectivity index (χ3n) is 3.81. The molecule has 1 aromatic rings. The average molecular weight is 318 g/mol. The van der Waals surface area contributed by atoms with Crippen molar-refractivity contribution < 1.29 is 8.42 Å². The van der Waals surface area contributed by atoms with Gasteiger partial charge in [0, 0.05) is 19.1 Å². The number of nitrogens with two attached hydrogens (primary N) is 1. The Balaban J connectivity index is 2.30. The third-order valence-corrected chi connectivity index (χ3v) is 5.98. The van der Waals surface area contributed by atoms with Gasteiger partial charge in [-0.15, -0.1) is 0 Å². The molecule has 2 rings (SSSR count). The molecule has 0 saturated carbocycles. The number of hydrogen-bond donors (Lipinski definition) is 1. The number of rotatable bonds is 3. The predicted octanol–water partition coefficient (Wildman–Crippen LogP) is 1.49. The van der Waals surface area contributed by atoms with Crippen molar-refractivity contribution in [3.8, 4) is 0 Å². The van der Waals surface area contributed by atoms with E-state index in [0.717, 1.165) is 0 Å². The molecule has 0 radical (unpaired) electrons. The van der Waals surface area contributed by atoms with E-state index in [4.69, 9.17) is 17.3 Å². The second kappa shape index (κ2) is 5.52. The van der Waals surface area contributed by atoms with Crippen molar-refractivity contribution >= 4 is 27.3 Å². The zero-order chi connectivity index (χ0) is 15.1. The molecule has 2 unspecified atom stereocenters. The van der Waals surface area contributed by atoms with Crippen molar-refractivity contribution in [2.24, 2.45) is 5.92 Å². The minimum Gasteiger partial charge on any atom is -0.397 e. The van der Waals surface area contributed by atoms with Gasteiger partial charge in [-0.3, -0.25) is 0 Å². The Morgan fingerprint density at radius 2 is 2.00 bits per heavy atom. The summed E-state index contributed by atoms with van der Waals surface area (Å²) in [7, 11) is 0.430. The number of nitrogen functional groups attached to an aromatic ring is 1. The number of halogens is 1. The number of likely N-dealkylation sites (N-methyl/N-ethyl adjacent to an activating group) is 1. The minimum atomic E-state index is -3.51. The summed E-state index contributed by atoms with van der Waals surface area (Å²) < 4.78 is 26.8. The summed E-state index contributed by atoms with van der Waals surface area (Å²) in [4.78, 5) is 2.27. The Labute approximate surface area is 125 Å². The molecule has 20 heavy (non-hydrogen) atoms. The fourth-order valence-electron chi connectivity index (χ4n) is 2.61. The highest BCUT2D eigenvalue weighted by Crippen LogP contribution is 2.29. The Morgan fingerprint density at radius 1 is 1.35 bits per heavy atom. The minimum absolute atomic E-state index is 0.200. The van der Waals surface area contributed by atoms with Crippen molar-refractivity contribution in [3.05, 3.63) is 23.2 Å². The van der Waals surface area contributed by atoms with E-state index in [1.165, 1.54) is 22.5 Å². The summed E-state index contributed by atoms with van der Waals surface area (Å²) in [5, 5.41) is 0.366. The van der Waals surface area contributed by atoms with Crippen LogP contribution in [0, 0.1) is 5.92 Å². The molecule has 1 aliphatic heterocycles. The molecule has 0 spiro atoms. The first kappa shape index (κ1) is 15.6. The maximum absolute atomic E-state index is 12.6. The zero-order valence-electron chi connectivity index (χ0n) is 11.9. The van der Waals surface area contributed by atoms with E-state index < -0.39 is 10.0 Å². The number of hydrogen-bond acceptors (Lipinski definition) is 4. The van der Waals surface area contributed by atoms with E-state index in [1.54, 1.807) is 0 Å². The highest BCUT2D eigenvalue weighted by molar-refractivity contribution is 7.89. The molecule has 1 saturated heterocycles.